The van der Waals surface area contributed by atoms with Crippen molar-refractivity contribution >= 4 is 17.3 Å². The van der Waals surface area contributed by atoms with E-state index in [0.717, 1.165) is 12.0 Å². The maximum absolute atomic E-state index is 13.6. The van der Waals surface area contributed by atoms with Crippen LogP contribution < -0.4 is 15.8 Å². The van der Waals surface area contributed by atoms with Crippen molar-refractivity contribution in [3.8, 4) is 5.75 Å². The molecule has 0 aliphatic heterocycles. The fourth-order valence-corrected chi connectivity index (χ4v) is 2.21. The van der Waals surface area contributed by atoms with Crippen LogP contribution in [-0.4, -0.2) is 12.5 Å². The van der Waals surface area contributed by atoms with E-state index in [9.17, 15) is 9.18 Å². The molecule has 2 aromatic rings. The lowest BCUT2D eigenvalue weighted by Gasteiger charge is -2.15. The summed E-state index contributed by atoms with van der Waals surface area (Å²) in [6, 6.07) is 11.6. The fraction of sp³-hybridized carbons (Fsp3) is 0.278. The van der Waals surface area contributed by atoms with Gasteiger partial charge in [0.25, 0.3) is 5.91 Å². The minimum Gasteiger partial charge on any atom is -0.483 e. The average Bonchev–Trinajstić information content (AvgIpc) is 2.56. The summed E-state index contributed by atoms with van der Waals surface area (Å²) in [5.74, 6) is 0.0340. The van der Waals surface area contributed by atoms with Crippen molar-refractivity contribution < 1.29 is 13.9 Å². The quantitative estimate of drug-likeness (QED) is 0.793. The molecule has 23 heavy (non-hydrogen) atoms. The van der Waals surface area contributed by atoms with Crippen LogP contribution in [0.5, 0.6) is 5.75 Å². The van der Waals surface area contributed by atoms with Crippen LogP contribution in [0, 0.1) is 5.82 Å². The Morgan fingerprint density at radius 2 is 2.04 bits per heavy atom. The number of anilines is 2. The standard InChI is InChI=1S/C18H21FN2O2/c1-3-12(2)14-6-4-5-7-17(14)23-11-18(22)21-16-10-13(20)8-9-15(16)19/h4-10,12H,3,11,20H2,1-2H3,(H,21,22)/t12-/m0/s1. The van der Waals surface area contributed by atoms with Gasteiger partial charge in [-0.3, -0.25) is 4.79 Å². The van der Waals surface area contributed by atoms with Crippen LogP contribution in [0.2, 0.25) is 0 Å². The number of halogens is 1. The van der Waals surface area contributed by atoms with Crippen molar-refractivity contribution in [3.05, 3.63) is 53.8 Å². The highest BCUT2D eigenvalue weighted by Gasteiger charge is 2.12. The van der Waals surface area contributed by atoms with Crippen LogP contribution in [0.25, 0.3) is 0 Å². The second-order valence-corrected chi connectivity index (χ2v) is 5.42. The number of benzene rings is 2. The molecule has 0 spiro atoms. The van der Waals surface area contributed by atoms with Gasteiger partial charge < -0.3 is 15.8 Å². The summed E-state index contributed by atoms with van der Waals surface area (Å²) < 4.78 is 19.2. The first kappa shape index (κ1) is 16.8. The van der Waals surface area contributed by atoms with Gasteiger partial charge in [-0.1, -0.05) is 32.0 Å². The highest BCUT2D eigenvalue weighted by atomic mass is 19.1. The Labute approximate surface area is 135 Å². The van der Waals surface area contributed by atoms with E-state index in [1.807, 2.05) is 24.3 Å². The van der Waals surface area contributed by atoms with Gasteiger partial charge in [-0.05, 0) is 42.2 Å². The van der Waals surface area contributed by atoms with E-state index in [1.165, 1.54) is 18.2 Å². The molecule has 0 aliphatic carbocycles. The second kappa shape index (κ2) is 7.63. The monoisotopic (exact) mass is 316 g/mol. The molecule has 5 heteroatoms. The van der Waals surface area contributed by atoms with Crippen LogP contribution in [0.3, 0.4) is 0 Å². The summed E-state index contributed by atoms with van der Waals surface area (Å²) in [6.45, 7) is 4.00. The molecular formula is C18H21FN2O2. The first-order valence-corrected chi connectivity index (χ1v) is 7.57. The van der Waals surface area contributed by atoms with Crippen LogP contribution in [-0.2, 0) is 4.79 Å². The minimum atomic E-state index is -0.535. The molecule has 1 atom stereocenters. The van der Waals surface area contributed by atoms with E-state index in [0.29, 0.717) is 17.4 Å². The van der Waals surface area contributed by atoms with E-state index in [4.69, 9.17) is 10.5 Å². The molecule has 3 N–H and O–H groups in total. The molecule has 2 rings (SSSR count). The zero-order valence-electron chi connectivity index (χ0n) is 13.3. The van der Waals surface area contributed by atoms with Gasteiger partial charge in [-0.15, -0.1) is 0 Å². The fourth-order valence-electron chi connectivity index (χ4n) is 2.21. The normalized spacial score (nSPS) is 11.8. The smallest absolute Gasteiger partial charge is 0.262 e. The minimum absolute atomic E-state index is 0.0498. The Kier molecular flexibility index (Phi) is 5.57. The Bertz CT molecular complexity index is 688. The van der Waals surface area contributed by atoms with E-state index >= 15 is 0 Å². The van der Waals surface area contributed by atoms with Crippen molar-refractivity contribution in [2.75, 3.05) is 17.7 Å². The number of carbonyl (C=O) groups is 1. The summed E-state index contributed by atoms with van der Waals surface area (Å²) in [5.41, 5.74) is 7.07. The lowest BCUT2D eigenvalue weighted by molar-refractivity contribution is -0.118. The van der Waals surface area contributed by atoms with Gasteiger partial charge in [0, 0.05) is 5.69 Å². The molecule has 0 unspecified atom stereocenters. The van der Waals surface area contributed by atoms with Gasteiger partial charge in [-0.25, -0.2) is 4.39 Å². The average molecular weight is 316 g/mol. The van der Waals surface area contributed by atoms with Crippen molar-refractivity contribution in [3.63, 3.8) is 0 Å². The SMILES string of the molecule is CC[C@H](C)c1ccccc1OCC(=O)Nc1cc(N)ccc1F. The van der Waals surface area contributed by atoms with Crippen molar-refractivity contribution in [1.29, 1.82) is 0 Å². The van der Waals surface area contributed by atoms with Crippen molar-refractivity contribution in [2.45, 2.75) is 26.2 Å². The summed E-state index contributed by atoms with van der Waals surface area (Å²) in [6.07, 6.45) is 0.973. The number of hydrogen-bond acceptors (Lipinski definition) is 3. The number of rotatable bonds is 6. The molecule has 2 aromatic carbocycles. The van der Waals surface area contributed by atoms with Crippen molar-refractivity contribution in [2.24, 2.45) is 0 Å². The summed E-state index contributed by atoms with van der Waals surface area (Å²) in [4.78, 5) is 12.0. The highest BCUT2D eigenvalue weighted by Crippen LogP contribution is 2.28. The predicted molar refractivity (Wildman–Crippen MR) is 90.1 cm³/mol. The zero-order valence-corrected chi connectivity index (χ0v) is 13.3. The summed E-state index contributed by atoms with van der Waals surface area (Å²) in [5, 5.41) is 2.47. The Morgan fingerprint density at radius 3 is 2.78 bits per heavy atom. The van der Waals surface area contributed by atoms with E-state index in [2.05, 4.69) is 19.2 Å². The lowest BCUT2D eigenvalue weighted by Crippen LogP contribution is -2.21. The third kappa shape index (κ3) is 4.45. The van der Waals surface area contributed by atoms with Crippen LogP contribution in [0.4, 0.5) is 15.8 Å². The van der Waals surface area contributed by atoms with Gasteiger partial charge in [0.1, 0.15) is 11.6 Å². The lowest BCUT2D eigenvalue weighted by atomic mass is 9.98. The maximum Gasteiger partial charge on any atom is 0.262 e. The molecule has 0 saturated heterocycles. The molecule has 122 valence electrons. The number of amides is 1. The number of nitrogen functional groups attached to an aromatic ring is 1. The molecule has 0 heterocycles. The summed E-state index contributed by atoms with van der Waals surface area (Å²) >= 11 is 0. The number of carbonyl (C=O) groups excluding carboxylic acids is 1. The number of nitrogens with one attached hydrogen (secondary N) is 1. The van der Waals surface area contributed by atoms with Crippen LogP contribution in [0.15, 0.2) is 42.5 Å². The highest BCUT2D eigenvalue weighted by molar-refractivity contribution is 5.92. The Balaban J connectivity index is 2.01. The molecule has 1 amide bonds. The van der Waals surface area contributed by atoms with E-state index < -0.39 is 11.7 Å². The topological polar surface area (TPSA) is 64.3 Å². The van der Waals surface area contributed by atoms with Crippen LogP contribution >= 0.6 is 0 Å². The Morgan fingerprint density at radius 1 is 1.30 bits per heavy atom. The first-order valence-electron chi connectivity index (χ1n) is 7.57. The molecule has 0 bridgehead atoms. The number of para-hydroxylation sites is 1. The predicted octanol–water partition coefficient (Wildman–Crippen LogP) is 3.94. The molecule has 0 aliphatic rings. The van der Waals surface area contributed by atoms with Gasteiger partial charge >= 0.3 is 0 Å². The molecule has 0 fully saturated rings. The van der Waals surface area contributed by atoms with E-state index in [-0.39, 0.29) is 12.3 Å². The maximum atomic E-state index is 13.6. The number of ether oxygens (including phenoxy) is 1. The molecule has 0 aromatic heterocycles. The third-order valence-electron chi connectivity index (χ3n) is 3.69. The molecule has 0 radical (unpaired) electrons. The first-order chi connectivity index (χ1) is 11.0. The van der Waals surface area contributed by atoms with Crippen molar-refractivity contribution in [1.82, 2.24) is 0 Å². The van der Waals surface area contributed by atoms with Gasteiger partial charge in [0.05, 0.1) is 5.69 Å². The van der Waals surface area contributed by atoms with Gasteiger partial charge in [0.2, 0.25) is 0 Å². The van der Waals surface area contributed by atoms with E-state index in [1.54, 1.807) is 0 Å². The number of hydrogen-bond donors (Lipinski definition) is 2. The summed E-state index contributed by atoms with van der Waals surface area (Å²) in [7, 11) is 0. The zero-order chi connectivity index (χ0) is 16.8. The largest absolute Gasteiger partial charge is 0.483 e. The molecular weight excluding hydrogens is 295 g/mol. The van der Waals surface area contributed by atoms with Gasteiger partial charge in [0.15, 0.2) is 6.61 Å². The third-order valence-corrected chi connectivity index (χ3v) is 3.69. The van der Waals surface area contributed by atoms with Gasteiger partial charge in [-0.2, -0.15) is 0 Å². The van der Waals surface area contributed by atoms with Crippen LogP contribution in [0.1, 0.15) is 31.7 Å². The molecule has 0 saturated carbocycles. The number of nitrogens with two attached hydrogens (primary N) is 1. The second-order valence-electron chi connectivity index (χ2n) is 5.42. The molecule has 4 nitrogen and oxygen atoms in total. The Hall–Kier alpha value is -2.56.